The van der Waals surface area contributed by atoms with E-state index in [-0.39, 0.29) is 6.10 Å². The zero-order valence-electron chi connectivity index (χ0n) is 18.3. The highest BCUT2D eigenvalue weighted by Crippen LogP contribution is 2.69. The number of hydrogen-bond donors (Lipinski definition) is 2. The first-order valence-corrected chi connectivity index (χ1v) is 12.2. The van der Waals surface area contributed by atoms with Crippen LogP contribution in [0.1, 0.15) is 97.8 Å². The molecule has 0 aromatic heterocycles. The van der Waals surface area contributed by atoms with Crippen molar-refractivity contribution in [1.29, 1.82) is 0 Å². The summed E-state index contributed by atoms with van der Waals surface area (Å²) in [7, 11) is 0. The van der Waals surface area contributed by atoms with Gasteiger partial charge in [-0.05, 0) is 97.7 Å². The second kappa shape index (κ2) is 7.60. The summed E-state index contributed by atoms with van der Waals surface area (Å²) in [5.74, 6) is 3.03. The van der Waals surface area contributed by atoms with E-state index >= 15 is 0 Å². The van der Waals surface area contributed by atoms with Gasteiger partial charge in [-0.2, -0.15) is 0 Å². The third kappa shape index (κ3) is 3.06. The third-order valence-electron chi connectivity index (χ3n) is 10.5. The Kier molecular flexibility index (Phi) is 5.61. The molecule has 160 valence electrons. The van der Waals surface area contributed by atoms with Crippen LogP contribution in [-0.4, -0.2) is 22.3 Å². The highest BCUT2D eigenvalue weighted by atomic mass is 16.4. The Bertz CT molecular complexity index is 588. The fourth-order valence-corrected chi connectivity index (χ4v) is 9.12. The fourth-order valence-electron chi connectivity index (χ4n) is 9.12. The molecule has 9 atom stereocenters. The number of aliphatic hydroxyl groups is 1. The zero-order chi connectivity index (χ0) is 20.1. The van der Waals surface area contributed by atoms with Gasteiger partial charge in [-0.1, -0.05) is 40.0 Å². The van der Waals surface area contributed by atoms with Gasteiger partial charge in [-0.3, -0.25) is 4.79 Å². The van der Waals surface area contributed by atoms with E-state index in [4.69, 9.17) is 5.11 Å². The molecule has 4 aliphatic carbocycles. The first-order valence-electron chi connectivity index (χ1n) is 12.2. The normalized spacial score (nSPS) is 50.5. The molecule has 3 nitrogen and oxygen atoms in total. The van der Waals surface area contributed by atoms with Gasteiger partial charge < -0.3 is 10.2 Å². The standard InChI is InChI=1S/C25H42O3/c1-4-17-18-9-5-6-14-25(18,3)20-13-15-24(2)16(8-7-10-21(26)27)11-12-19(24)22(20)23(17)28/h16-20,22-23,28H,4-15H2,1-3H3,(H,26,27). The second-order valence-corrected chi connectivity index (χ2v) is 11.3. The molecule has 2 N–H and O–H groups in total. The predicted molar refractivity (Wildman–Crippen MR) is 112 cm³/mol. The molecule has 3 heteroatoms. The molecule has 0 saturated heterocycles. The fraction of sp³-hybridized carbons (Fsp3) is 0.960. The minimum atomic E-state index is -0.659. The van der Waals surface area contributed by atoms with Gasteiger partial charge in [0.2, 0.25) is 0 Å². The van der Waals surface area contributed by atoms with E-state index < -0.39 is 5.97 Å². The first kappa shape index (κ1) is 20.7. The van der Waals surface area contributed by atoms with Gasteiger partial charge in [0.25, 0.3) is 0 Å². The SMILES string of the molecule is CCC1C(O)C2C3CCC(CCCC(=O)O)C3(C)CCC2C2(C)CCCCC12. The summed E-state index contributed by atoms with van der Waals surface area (Å²) >= 11 is 0. The number of carboxylic acid groups (broad SMARTS) is 1. The largest absolute Gasteiger partial charge is 0.481 e. The lowest BCUT2D eigenvalue weighted by Crippen LogP contribution is -2.61. The van der Waals surface area contributed by atoms with Crippen LogP contribution in [0.5, 0.6) is 0 Å². The Morgan fingerprint density at radius 2 is 1.71 bits per heavy atom. The number of fused-ring (bicyclic) bond motifs is 5. The van der Waals surface area contributed by atoms with E-state index in [2.05, 4.69) is 20.8 Å². The summed E-state index contributed by atoms with van der Waals surface area (Å²) in [6.45, 7) is 7.38. The minimum absolute atomic E-state index is 0.117. The van der Waals surface area contributed by atoms with Crippen molar-refractivity contribution in [3.05, 3.63) is 0 Å². The Morgan fingerprint density at radius 3 is 2.43 bits per heavy atom. The molecule has 0 heterocycles. The van der Waals surface area contributed by atoms with Gasteiger partial charge in [0, 0.05) is 6.42 Å². The summed E-state index contributed by atoms with van der Waals surface area (Å²) in [5.41, 5.74) is 0.752. The molecule has 28 heavy (non-hydrogen) atoms. The quantitative estimate of drug-likeness (QED) is 0.614. The molecule has 0 aromatic rings. The van der Waals surface area contributed by atoms with Gasteiger partial charge in [0.05, 0.1) is 6.10 Å². The van der Waals surface area contributed by atoms with Crippen molar-refractivity contribution in [2.45, 2.75) is 104 Å². The zero-order valence-corrected chi connectivity index (χ0v) is 18.3. The topological polar surface area (TPSA) is 57.5 Å². The van der Waals surface area contributed by atoms with Gasteiger partial charge in [0.1, 0.15) is 0 Å². The maximum atomic E-state index is 11.6. The van der Waals surface area contributed by atoms with Crippen LogP contribution >= 0.6 is 0 Å². The summed E-state index contributed by atoms with van der Waals surface area (Å²) in [6.07, 6.45) is 13.7. The highest BCUT2D eigenvalue weighted by Gasteiger charge is 2.63. The molecule has 0 bridgehead atoms. The van der Waals surface area contributed by atoms with E-state index in [1.807, 2.05) is 0 Å². The Hall–Kier alpha value is -0.570. The third-order valence-corrected chi connectivity index (χ3v) is 10.5. The number of aliphatic carboxylic acids is 1. The molecular formula is C25H42O3. The Morgan fingerprint density at radius 1 is 0.964 bits per heavy atom. The summed E-state index contributed by atoms with van der Waals surface area (Å²) in [4.78, 5) is 11.0. The second-order valence-electron chi connectivity index (χ2n) is 11.3. The van der Waals surface area contributed by atoms with E-state index in [1.54, 1.807) is 0 Å². The molecule has 0 aliphatic heterocycles. The summed E-state index contributed by atoms with van der Waals surface area (Å²) in [5, 5.41) is 20.7. The van der Waals surface area contributed by atoms with E-state index in [9.17, 15) is 9.90 Å². The minimum Gasteiger partial charge on any atom is -0.481 e. The monoisotopic (exact) mass is 390 g/mol. The van der Waals surface area contributed by atoms with Crippen molar-refractivity contribution < 1.29 is 15.0 Å². The van der Waals surface area contributed by atoms with Crippen molar-refractivity contribution >= 4 is 5.97 Å². The Balaban J connectivity index is 1.59. The maximum Gasteiger partial charge on any atom is 0.303 e. The molecule has 9 unspecified atom stereocenters. The van der Waals surface area contributed by atoms with Crippen LogP contribution in [0.3, 0.4) is 0 Å². The van der Waals surface area contributed by atoms with Crippen LogP contribution in [0, 0.1) is 46.3 Å². The molecule has 0 spiro atoms. The van der Waals surface area contributed by atoms with Crippen molar-refractivity contribution in [1.82, 2.24) is 0 Å². The van der Waals surface area contributed by atoms with Gasteiger partial charge in [-0.25, -0.2) is 0 Å². The number of rotatable bonds is 5. The van der Waals surface area contributed by atoms with Crippen LogP contribution < -0.4 is 0 Å². The summed E-state index contributed by atoms with van der Waals surface area (Å²) in [6, 6.07) is 0. The van der Waals surface area contributed by atoms with E-state index in [0.29, 0.717) is 46.8 Å². The molecule has 0 aromatic carbocycles. The van der Waals surface area contributed by atoms with Crippen molar-refractivity contribution in [2.75, 3.05) is 0 Å². The lowest BCUT2D eigenvalue weighted by Gasteiger charge is -2.64. The van der Waals surface area contributed by atoms with Crippen LogP contribution in [0.15, 0.2) is 0 Å². The number of aliphatic hydroxyl groups excluding tert-OH is 1. The van der Waals surface area contributed by atoms with Gasteiger partial charge in [0.15, 0.2) is 0 Å². The van der Waals surface area contributed by atoms with Crippen molar-refractivity contribution in [2.24, 2.45) is 46.3 Å². The summed E-state index contributed by atoms with van der Waals surface area (Å²) < 4.78 is 0. The number of hydrogen-bond acceptors (Lipinski definition) is 2. The first-order chi connectivity index (χ1) is 13.3. The van der Waals surface area contributed by atoms with Gasteiger partial charge >= 0.3 is 5.97 Å². The predicted octanol–water partition coefficient (Wildman–Crippen LogP) is 5.90. The molecule has 0 amide bonds. The molecule has 4 fully saturated rings. The lowest BCUT2D eigenvalue weighted by molar-refractivity contribution is -0.193. The highest BCUT2D eigenvalue weighted by molar-refractivity contribution is 5.66. The number of carboxylic acids is 1. The average Bonchev–Trinajstić information content (AvgIpc) is 2.99. The van der Waals surface area contributed by atoms with E-state index in [1.165, 1.54) is 51.4 Å². The van der Waals surface area contributed by atoms with E-state index in [0.717, 1.165) is 25.2 Å². The molecule has 0 radical (unpaired) electrons. The van der Waals surface area contributed by atoms with Crippen molar-refractivity contribution in [3.63, 3.8) is 0 Å². The van der Waals surface area contributed by atoms with Crippen LogP contribution in [0.2, 0.25) is 0 Å². The molecule has 4 rings (SSSR count). The number of carbonyl (C=O) groups is 1. The molecular weight excluding hydrogens is 348 g/mol. The van der Waals surface area contributed by atoms with Crippen molar-refractivity contribution in [3.8, 4) is 0 Å². The smallest absolute Gasteiger partial charge is 0.303 e. The molecule has 4 saturated carbocycles. The maximum absolute atomic E-state index is 11.6. The van der Waals surface area contributed by atoms with Crippen LogP contribution in [-0.2, 0) is 4.79 Å². The average molecular weight is 391 g/mol. The molecule has 4 aliphatic rings. The Labute approximate surface area is 171 Å². The van der Waals surface area contributed by atoms with Crippen LogP contribution in [0.25, 0.3) is 0 Å². The lowest BCUT2D eigenvalue weighted by atomic mass is 9.41. The van der Waals surface area contributed by atoms with Gasteiger partial charge in [-0.15, -0.1) is 0 Å². The van der Waals surface area contributed by atoms with Crippen LogP contribution in [0.4, 0.5) is 0 Å².